The second kappa shape index (κ2) is 6.63. The fraction of sp³-hybridized carbons (Fsp3) is 0.118. The van der Waals surface area contributed by atoms with E-state index in [-0.39, 0.29) is 22.8 Å². The molecule has 24 heavy (non-hydrogen) atoms. The summed E-state index contributed by atoms with van der Waals surface area (Å²) in [5.74, 6) is -0.631. The van der Waals surface area contributed by atoms with Gasteiger partial charge in [0.2, 0.25) is 0 Å². The van der Waals surface area contributed by atoms with Crippen molar-refractivity contribution in [1.82, 2.24) is 9.38 Å². The molecule has 0 saturated carbocycles. The molecule has 0 aliphatic heterocycles. The smallest absolute Gasteiger partial charge is 0.340 e. The highest BCUT2D eigenvalue weighted by molar-refractivity contribution is 6.35. The van der Waals surface area contributed by atoms with Crippen LogP contribution in [0, 0.1) is 6.92 Å². The Morgan fingerprint density at radius 3 is 2.79 bits per heavy atom. The van der Waals surface area contributed by atoms with Crippen LogP contribution >= 0.6 is 23.2 Å². The van der Waals surface area contributed by atoms with Crippen LogP contribution in [-0.4, -0.2) is 15.4 Å². The predicted molar refractivity (Wildman–Crippen MR) is 91.8 cm³/mol. The Kier molecular flexibility index (Phi) is 4.55. The van der Waals surface area contributed by atoms with Crippen LogP contribution in [0.2, 0.25) is 10.0 Å². The summed E-state index contributed by atoms with van der Waals surface area (Å²) in [6.45, 7) is 1.68. The molecule has 0 unspecified atom stereocenters. The third-order valence-corrected chi connectivity index (χ3v) is 4.00. The van der Waals surface area contributed by atoms with Gasteiger partial charge < -0.3 is 4.74 Å². The van der Waals surface area contributed by atoms with Crippen LogP contribution in [0.25, 0.3) is 5.65 Å². The standard InChI is InChI=1S/C17H12Cl2N2O3/c1-10-3-2-4-15-20-12(8-16(22)21(10)15)9-24-17(23)13-7-11(18)5-6-14(13)19/h2-8H,9H2,1H3. The van der Waals surface area contributed by atoms with Gasteiger partial charge in [0, 0.05) is 16.8 Å². The molecule has 2 heterocycles. The van der Waals surface area contributed by atoms with Gasteiger partial charge in [-0.05, 0) is 37.3 Å². The molecule has 0 fully saturated rings. The molecule has 0 atom stereocenters. The summed E-state index contributed by atoms with van der Waals surface area (Å²) in [6.07, 6.45) is 0. The molecule has 3 aromatic rings. The third kappa shape index (κ3) is 3.27. The number of benzene rings is 1. The number of ether oxygens (including phenoxy) is 1. The second-order valence-corrected chi connectivity index (χ2v) is 5.99. The Balaban J connectivity index is 1.84. The summed E-state index contributed by atoms with van der Waals surface area (Å²) >= 11 is 11.8. The lowest BCUT2D eigenvalue weighted by Crippen LogP contribution is -2.18. The van der Waals surface area contributed by atoms with Crippen molar-refractivity contribution in [1.29, 1.82) is 0 Å². The Morgan fingerprint density at radius 1 is 1.21 bits per heavy atom. The summed E-state index contributed by atoms with van der Waals surface area (Å²) in [6, 6.07) is 11.2. The number of hydrogen-bond donors (Lipinski definition) is 0. The fourth-order valence-electron chi connectivity index (χ4n) is 2.31. The number of carbonyl (C=O) groups is 1. The van der Waals surface area contributed by atoms with Crippen molar-refractivity contribution in [3.05, 3.63) is 79.8 Å². The van der Waals surface area contributed by atoms with Crippen molar-refractivity contribution in [3.63, 3.8) is 0 Å². The van der Waals surface area contributed by atoms with Gasteiger partial charge in [0.05, 0.1) is 16.3 Å². The highest BCUT2D eigenvalue weighted by Crippen LogP contribution is 2.21. The minimum absolute atomic E-state index is 0.138. The molecule has 0 radical (unpaired) electrons. The number of fused-ring (bicyclic) bond motifs is 1. The van der Waals surface area contributed by atoms with Gasteiger partial charge in [0.25, 0.3) is 5.56 Å². The minimum Gasteiger partial charge on any atom is -0.456 e. The van der Waals surface area contributed by atoms with Gasteiger partial charge in [-0.25, -0.2) is 9.78 Å². The molecule has 0 bridgehead atoms. The van der Waals surface area contributed by atoms with E-state index in [4.69, 9.17) is 27.9 Å². The first kappa shape index (κ1) is 16.5. The van der Waals surface area contributed by atoms with E-state index in [2.05, 4.69) is 4.98 Å². The first-order chi connectivity index (χ1) is 11.5. The fourth-order valence-corrected chi connectivity index (χ4v) is 2.68. The zero-order valence-corrected chi connectivity index (χ0v) is 14.1. The Bertz CT molecular complexity index is 999. The molecule has 0 N–H and O–H groups in total. The van der Waals surface area contributed by atoms with Crippen molar-refractivity contribution < 1.29 is 9.53 Å². The van der Waals surface area contributed by atoms with E-state index >= 15 is 0 Å². The average molecular weight is 363 g/mol. The first-order valence-electron chi connectivity index (χ1n) is 7.06. The lowest BCUT2D eigenvalue weighted by atomic mass is 10.2. The quantitative estimate of drug-likeness (QED) is 0.667. The van der Waals surface area contributed by atoms with E-state index in [9.17, 15) is 9.59 Å². The molecular formula is C17H12Cl2N2O3. The minimum atomic E-state index is -0.631. The van der Waals surface area contributed by atoms with Gasteiger partial charge in [0.1, 0.15) is 12.3 Å². The van der Waals surface area contributed by atoms with Gasteiger partial charge in [-0.2, -0.15) is 0 Å². The zero-order chi connectivity index (χ0) is 17.3. The van der Waals surface area contributed by atoms with E-state index in [0.29, 0.717) is 16.4 Å². The molecule has 7 heteroatoms. The normalized spacial score (nSPS) is 10.8. The molecule has 1 aromatic carbocycles. The lowest BCUT2D eigenvalue weighted by Gasteiger charge is -2.08. The number of nitrogens with zero attached hydrogens (tertiary/aromatic N) is 2. The lowest BCUT2D eigenvalue weighted by molar-refractivity contribution is 0.0468. The van der Waals surface area contributed by atoms with Crippen molar-refractivity contribution in [3.8, 4) is 0 Å². The number of rotatable bonds is 3. The molecule has 0 spiro atoms. The predicted octanol–water partition coefficient (Wildman–Crippen LogP) is 3.67. The maximum Gasteiger partial charge on any atom is 0.340 e. The van der Waals surface area contributed by atoms with Crippen molar-refractivity contribution >= 4 is 34.8 Å². The van der Waals surface area contributed by atoms with Crippen LogP contribution in [0.15, 0.2) is 47.3 Å². The monoisotopic (exact) mass is 362 g/mol. The number of halogens is 2. The molecule has 3 rings (SSSR count). The summed E-state index contributed by atoms with van der Waals surface area (Å²) in [5.41, 5.74) is 1.56. The van der Waals surface area contributed by atoms with Gasteiger partial charge in [-0.1, -0.05) is 29.3 Å². The number of carbonyl (C=O) groups excluding carboxylic acids is 1. The average Bonchev–Trinajstić information content (AvgIpc) is 2.54. The Labute approximate surface area is 147 Å². The van der Waals surface area contributed by atoms with E-state index in [1.165, 1.54) is 22.6 Å². The summed E-state index contributed by atoms with van der Waals surface area (Å²) in [5, 5.41) is 0.621. The summed E-state index contributed by atoms with van der Waals surface area (Å²) in [4.78, 5) is 28.6. The number of aryl methyl sites for hydroxylation is 1. The number of hydrogen-bond acceptors (Lipinski definition) is 4. The van der Waals surface area contributed by atoms with E-state index in [1.54, 1.807) is 18.2 Å². The molecule has 0 aliphatic carbocycles. The van der Waals surface area contributed by atoms with Crippen LogP contribution in [0.4, 0.5) is 0 Å². The highest BCUT2D eigenvalue weighted by atomic mass is 35.5. The van der Waals surface area contributed by atoms with Gasteiger partial charge in [-0.15, -0.1) is 0 Å². The van der Waals surface area contributed by atoms with Gasteiger partial charge in [0.15, 0.2) is 0 Å². The topological polar surface area (TPSA) is 60.7 Å². The Hall–Kier alpha value is -2.37. The van der Waals surface area contributed by atoms with Crippen LogP contribution in [0.5, 0.6) is 0 Å². The van der Waals surface area contributed by atoms with Crippen LogP contribution in [-0.2, 0) is 11.3 Å². The molecule has 0 aliphatic rings. The molecule has 122 valence electrons. The van der Waals surface area contributed by atoms with Gasteiger partial charge >= 0.3 is 5.97 Å². The molecule has 0 saturated heterocycles. The van der Waals surface area contributed by atoms with Crippen LogP contribution in [0.3, 0.4) is 0 Å². The first-order valence-corrected chi connectivity index (χ1v) is 7.82. The molecule has 5 nitrogen and oxygen atoms in total. The Morgan fingerprint density at radius 2 is 2.00 bits per heavy atom. The third-order valence-electron chi connectivity index (χ3n) is 3.43. The summed E-state index contributed by atoms with van der Waals surface area (Å²) in [7, 11) is 0. The van der Waals surface area contributed by atoms with Crippen LogP contribution < -0.4 is 5.56 Å². The van der Waals surface area contributed by atoms with Gasteiger partial charge in [-0.3, -0.25) is 9.20 Å². The van der Waals surface area contributed by atoms with Crippen molar-refractivity contribution in [2.45, 2.75) is 13.5 Å². The molecular weight excluding hydrogens is 351 g/mol. The van der Waals surface area contributed by atoms with E-state index < -0.39 is 5.97 Å². The number of pyridine rings is 1. The van der Waals surface area contributed by atoms with Crippen LogP contribution in [0.1, 0.15) is 21.7 Å². The zero-order valence-electron chi connectivity index (χ0n) is 12.6. The van der Waals surface area contributed by atoms with Crippen molar-refractivity contribution in [2.75, 3.05) is 0 Å². The van der Waals surface area contributed by atoms with Crippen molar-refractivity contribution in [2.24, 2.45) is 0 Å². The number of esters is 1. The maximum atomic E-state index is 12.2. The second-order valence-electron chi connectivity index (χ2n) is 5.15. The molecule has 0 amide bonds. The summed E-state index contributed by atoms with van der Waals surface area (Å²) < 4.78 is 6.68. The highest BCUT2D eigenvalue weighted by Gasteiger charge is 2.13. The molecule has 2 aromatic heterocycles. The number of aromatic nitrogens is 2. The maximum absolute atomic E-state index is 12.2. The van der Waals surface area contributed by atoms with E-state index in [1.807, 2.05) is 13.0 Å². The van der Waals surface area contributed by atoms with E-state index in [0.717, 1.165) is 5.69 Å². The largest absolute Gasteiger partial charge is 0.456 e. The SMILES string of the molecule is Cc1cccc2nc(COC(=O)c3cc(Cl)ccc3Cl)cc(=O)n12.